The fourth-order valence-corrected chi connectivity index (χ4v) is 10.0. The topological polar surface area (TPSA) is 197 Å². The minimum atomic E-state index is -4.91. The van der Waals surface area contributed by atoms with E-state index in [1.165, 1.54) is 26.2 Å². The number of hydrogen-bond donors (Lipinski definition) is 2. The molecule has 2 aliphatic carbocycles. The number of hydrogen-bond acceptors (Lipinski definition) is 15. The number of carbonyl (C=O) groups excluding carboxylic acids is 4. The molecule has 1 spiro atoms. The second kappa shape index (κ2) is 17.7. The van der Waals surface area contributed by atoms with E-state index >= 15 is 13.2 Å². The van der Waals surface area contributed by atoms with Gasteiger partial charge < -0.3 is 38.8 Å². The highest BCUT2D eigenvalue weighted by Crippen LogP contribution is 2.64. The summed E-state index contributed by atoms with van der Waals surface area (Å²) in [5.41, 5.74) is -5.01. The number of ether oxygens (including phenoxy) is 5. The maximum Gasteiger partial charge on any atom is 0.416 e. The summed E-state index contributed by atoms with van der Waals surface area (Å²) in [6.07, 6.45) is -7.55. The summed E-state index contributed by atoms with van der Waals surface area (Å²) >= 11 is 0. The highest BCUT2D eigenvalue weighted by atomic mass is 19.4. The summed E-state index contributed by atoms with van der Waals surface area (Å²) in [5, 5.41) is 23.5. The van der Waals surface area contributed by atoms with Crippen LogP contribution in [0.3, 0.4) is 0 Å². The van der Waals surface area contributed by atoms with Gasteiger partial charge in [0.05, 0.1) is 72.5 Å². The molecule has 1 saturated carbocycles. The van der Waals surface area contributed by atoms with Gasteiger partial charge in [-0.2, -0.15) is 13.2 Å². The number of aliphatic hydroxyl groups is 2. The quantitative estimate of drug-likeness (QED) is 0.121. The predicted molar refractivity (Wildman–Crippen MR) is 223 cm³/mol. The van der Waals surface area contributed by atoms with Gasteiger partial charge in [-0.15, -0.1) is 0 Å². The summed E-state index contributed by atoms with van der Waals surface area (Å²) in [6.45, 7) is 6.79. The van der Waals surface area contributed by atoms with Gasteiger partial charge in [-0.1, -0.05) is 6.07 Å². The molecule has 68 heavy (non-hydrogen) atoms. The fraction of sp³-hybridized carbons (Fsp3) is 0.596. The van der Waals surface area contributed by atoms with Crippen LogP contribution in [-0.4, -0.2) is 86.0 Å². The number of benzene rings is 1. The number of aromatic nitrogens is 3. The maximum absolute atomic E-state index is 16.1. The molecular weight excluding hydrogens is 911 g/mol. The smallest absolute Gasteiger partial charge is 0.416 e. The van der Waals surface area contributed by atoms with Gasteiger partial charge in [-0.25, -0.2) is 23.1 Å². The lowest BCUT2D eigenvalue weighted by molar-refractivity contribution is -0.421. The molecule has 4 fully saturated rings. The van der Waals surface area contributed by atoms with Gasteiger partial charge in [-0.3, -0.25) is 24.2 Å². The lowest BCUT2D eigenvalue weighted by atomic mass is 9.62. The van der Waals surface area contributed by atoms with Crippen LogP contribution in [-0.2, 0) is 56.5 Å². The molecule has 3 aliphatic heterocycles. The summed E-state index contributed by atoms with van der Waals surface area (Å²) in [7, 11) is 0. The summed E-state index contributed by atoms with van der Waals surface area (Å²) in [6, 6.07) is 1.95. The first kappa shape index (κ1) is 48.9. The Morgan fingerprint density at radius 3 is 2.00 bits per heavy atom. The van der Waals surface area contributed by atoms with Crippen molar-refractivity contribution in [1.82, 2.24) is 15.0 Å². The maximum atomic E-state index is 16.1. The average molecular weight is 963 g/mol. The molecule has 3 atom stereocenters. The average Bonchev–Trinajstić information content (AvgIpc) is 3.28. The number of esters is 4. The van der Waals surface area contributed by atoms with Gasteiger partial charge in [0.2, 0.25) is 11.9 Å². The third kappa shape index (κ3) is 9.31. The van der Waals surface area contributed by atoms with E-state index in [4.69, 9.17) is 28.7 Å². The Morgan fingerprint density at radius 2 is 1.43 bits per heavy atom. The zero-order chi connectivity index (χ0) is 49.2. The first-order chi connectivity index (χ1) is 31.8. The highest BCUT2D eigenvalue weighted by molar-refractivity contribution is 5.82. The van der Waals surface area contributed by atoms with Crippen molar-refractivity contribution in [3.63, 3.8) is 0 Å². The zero-order valence-electron chi connectivity index (χ0n) is 37.9. The molecule has 368 valence electrons. The Bertz CT molecular complexity index is 2460. The third-order valence-electron chi connectivity index (χ3n) is 13.7. The van der Waals surface area contributed by atoms with Gasteiger partial charge in [0.1, 0.15) is 5.82 Å². The van der Waals surface area contributed by atoms with E-state index < -0.39 is 138 Å². The molecule has 1 aromatic carbocycles. The van der Waals surface area contributed by atoms with Crippen molar-refractivity contribution in [2.45, 2.75) is 152 Å². The van der Waals surface area contributed by atoms with Crippen LogP contribution in [0, 0.1) is 11.2 Å². The van der Waals surface area contributed by atoms with Crippen molar-refractivity contribution in [3.05, 3.63) is 75.6 Å². The molecule has 0 radical (unpaired) electrons. The molecule has 8 rings (SSSR count). The molecule has 5 heterocycles. The number of piperidine rings is 1. The van der Waals surface area contributed by atoms with E-state index in [9.17, 15) is 42.6 Å². The summed E-state index contributed by atoms with van der Waals surface area (Å²) in [5.74, 6) is -16.0. The largest absolute Gasteiger partial charge is 0.490 e. The number of alkyl halides is 5. The van der Waals surface area contributed by atoms with Crippen LogP contribution in [0.1, 0.15) is 155 Å². The van der Waals surface area contributed by atoms with Crippen LogP contribution in [0.2, 0.25) is 0 Å². The molecule has 21 heteroatoms. The van der Waals surface area contributed by atoms with Crippen molar-refractivity contribution in [1.29, 1.82) is 0 Å². The number of halogens is 6. The summed E-state index contributed by atoms with van der Waals surface area (Å²) < 4.78 is 118. The van der Waals surface area contributed by atoms with Crippen molar-refractivity contribution >= 4 is 29.8 Å². The monoisotopic (exact) mass is 962 g/mol. The van der Waals surface area contributed by atoms with Gasteiger partial charge in [0.15, 0.2) is 11.9 Å². The SMILES string of the molecule is CC(C)(O)CCOc1cnc(N2CCC(c3nc4c(c(C5CCC(F)(F)CC5)c3Cc3ccc(C(F)(F)F)cc3F)[C@]3(O)OC(=O)CCC(=O)O[C@]35OC(=O)CCC(=O)O[C@H]4C5(C)C)CC2)nc1. The molecule has 2 bridgehead atoms. The molecular formula is C47H52F6N4O11. The third-order valence-corrected chi connectivity index (χ3v) is 13.7. The number of carbonyl (C=O) groups is 4. The Morgan fingerprint density at radius 1 is 0.838 bits per heavy atom. The number of nitrogens with zero attached hydrogens (tertiary/aromatic N) is 4. The van der Waals surface area contributed by atoms with Crippen LogP contribution in [0.4, 0.5) is 32.3 Å². The van der Waals surface area contributed by atoms with Gasteiger partial charge in [-0.05, 0) is 88.1 Å². The van der Waals surface area contributed by atoms with Gasteiger partial charge in [0.25, 0.3) is 0 Å². The number of anilines is 1. The van der Waals surface area contributed by atoms with E-state index in [1.54, 1.807) is 13.8 Å². The minimum Gasteiger partial charge on any atom is -0.490 e. The standard InChI is InChI=1S/C47H52F6N4O11/c1-42(2,62)17-20-64-29-23-54-41(55-24-29)57-18-13-26(14-19-57)38-30(21-27-5-6-28(22-31(27)48)46(51,52)53)36(25-11-15-44(49,50)16-12-25)37-39(56-38)40-43(3,4)47(67-34(60)8-7-32(58)65-40)45(37,63)66-33(59)9-10-35(61)68-47/h5-6,22-26,40,62-63H,7-21H2,1-4H3/t40-,45+,47+/m1/s1. The highest BCUT2D eigenvalue weighted by Gasteiger charge is 2.78. The van der Waals surface area contributed by atoms with Crippen molar-refractivity contribution in [2.75, 3.05) is 24.6 Å². The molecule has 0 amide bonds. The Balaban J connectivity index is 1.34. The van der Waals surface area contributed by atoms with E-state index in [1.807, 2.05) is 4.90 Å². The van der Waals surface area contributed by atoms with Crippen molar-refractivity contribution in [3.8, 4) is 5.75 Å². The van der Waals surface area contributed by atoms with E-state index in [0.29, 0.717) is 43.3 Å². The first-order valence-corrected chi connectivity index (χ1v) is 22.6. The zero-order valence-corrected chi connectivity index (χ0v) is 37.9. The molecule has 2 aromatic heterocycles. The van der Waals surface area contributed by atoms with Crippen molar-refractivity contribution < 1.29 is 79.4 Å². The predicted octanol–water partition coefficient (Wildman–Crippen LogP) is 7.52. The second-order valence-corrected chi connectivity index (χ2v) is 19.4. The van der Waals surface area contributed by atoms with Crippen LogP contribution in [0.15, 0.2) is 30.6 Å². The fourth-order valence-electron chi connectivity index (χ4n) is 10.0. The number of pyridine rings is 1. The molecule has 3 aromatic rings. The van der Waals surface area contributed by atoms with Crippen LogP contribution < -0.4 is 9.64 Å². The lowest BCUT2D eigenvalue weighted by Gasteiger charge is -2.57. The first-order valence-electron chi connectivity index (χ1n) is 22.6. The lowest BCUT2D eigenvalue weighted by Crippen LogP contribution is -2.71. The Hall–Kier alpha value is -5.57. The van der Waals surface area contributed by atoms with Crippen LogP contribution >= 0.6 is 0 Å². The van der Waals surface area contributed by atoms with Crippen LogP contribution in [0.5, 0.6) is 5.75 Å². The number of fused-ring (bicyclic) bond motifs is 4. The normalized spacial score (nSPS) is 25.8. The Labute approximate surface area is 386 Å². The van der Waals surface area contributed by atoms with E-state index in [0.717, 1.165) is 6.07 Å². The number of rotatable bonds is 9. The molecule has 0 unspecified atom stereocenters. The van der Waals surface area contributed by atoms with E-state index in [2.05, 4.69) is 9.97 Å². The molecule has 2 N–H and O–H groups in total. The molecule has 3 saturated heterocycles. The van der Waals surface area contributed by atoms with Crippen molar-refractivity contribution in [2.24, 2.45) is 5.41 Å². The molecule has 5 aliphatic rings. The molecule has 15 nitrogen and oxygen atoms in total. The van der Waals surface area contributed by atoms with E-state index in [-0.39, 0.29) is 60.4 Å². The van der Waals surface area contributed by atoms with Crippen LogP contribution in [0.25, 0.3) is 0 Å². The minimum absolute atomic E-state index is 0.0334. The van der Waals surface area contributed by atoms with Gasteiger partial charge >= 0.3 is 41.6 Å². The Kier molecular flexibility index (Phi) is 12.8. The van der Waals surface area contributed by atoms with Gasteiger partial charge in [0, 0.05) is 50.4 Å². The second-order valence-electron chi connectivity index (χ2n) is 19.4. The summed E-state index contributed by atoms with van der Waals surface area (Å²) in [4.78, 5) is 70.6.